The minimum absolute atomic E-state index is 0.264. The van der Waals surface area contributed by atoms with Crippen molar-refractivity contribution in [2.75, 3.05) is 19.0 Å². The molecule has 0 aliphatic carbocycles. The summed E-state index contributed by atoms with van der Waals surface area (Å²) in [6.07, 6.45) is 0. The number of nitrogens with one attached hydrogen (secondary N) is 1. The topological polar surface area (TPSA) is 82.5 Å². The van der Waals surface area contributed by atoms with Crippen LogP contribution in [0.3, 0.4) is 0 Å². The predicted octanol–water partition coefficient (Wildman–Crippen LogP) is 3.01. The number of carbonyl (C=O) groups excluding carboxylic acids is 2. The molecular formula is C19H19N3O4. The van der Waals surface area contributed by atoms with Gasteiger partial charge in [-0.2, -0.15) is 5.10 Å². The van der Waals surface area contributed by atoms with Crippen LogP contribution in [0.5, 0.6) is 5.88 Å². The van der Waals surface area contributed by atoms with Crippen LogP contribution in [0, 0.1) is 0 Å². The van der Waals surface area contributed by atoms with Crippen molar-refractivity contribution in [3.05, 3.63) is 53.6 Å². The smallest absolute Gasteiger partial charge is 0.338 e. The first kappa shape index (κ1) is 17.5. The molecule has 0 saturated heterocycles. The number of nitrogens with zero attached hydrogens (tertiary/aromatic N) is 2. The second-order valence-electron chi connectivity index (χ2n) is 5.62. The quantitative estimate of drug-likeness (QED) is 0.713. The number of aryl methyl sites for hydroxylation is 1. The second kappa shape index (κ2) is 7.26. The van der Waals surface area contributed by atoms with E-state index in [1.165, 1.54) is 0 Å². The third kappa shape index (κ3) is 3.37. The molecule has 3 aromatic rings. The van der Waals surface area contributed by atoms with Crippen LogP contribution in [0.4, 0.5) is 5.69 Å². The summed E-state index contributed by atoms with van der Waals surface area (Å²) in [6.45, 7) is 2.07. The van der Waals surface area contributed by atoms with Crippen LogP contribution in [0.15, 0.2) is 42.5 Å². The predicted molar refractivity (Wildman–Crippen MR) is 97.6 cm³/mol. The van der Waals surface area contributed by atoms with Crippen molar-refractivity contribution in [1.82, 2.24) is 9.78 Å². The largest absolute Gasteiger partial charge is 0.481 e. The maximum absolute atomic E-state index is 12.5. The number of rotatable bonds is 5. The number of amides is 1. The number of methoxy groups -OCH3 is 1. The minimum Gasteiger partial charge on any atom is -0.481 e. The summed E-state index contributed by atoms with van der Waals surface area (Å²) in [6, 6.07) is 11.8. The molecule has 1 heterocycles. The Morgan fingerprint density at radius 1 is 1.12 bits per heavy atom. The van der Waals surface area contributed by atoms with Gasteiger partial charge in [0.1, 0.15) is 0 Å². The first-order valence-corrected chi connectivity index (χ1v) is 8.12. The molecule has 0 unspecified atom stereocenters. The number of fused-ring (bicyclic) bond motifs is 1. The lowest BCUT2D eigenvalue weighted by Crippen LogP contribution is -2.12. The van der Waals surface area contributed by atoms with E-state index in [9.17, 15) is 9.59 Å². The van der Waals surface area contributed by atoms with Crippen molar-refractivity contribution in [3.63, 3.8) is 0 Å². The minimum atomic E-state index is -0.389. The zero-order chi connectivity index (χ0) is 18.7. The normalized spacial score (nSPS) is 10.6. The van der Waals surface area contributed by atoms with Crippen LogP contribution in [0.1, 0.15) is 27.6 Å². The molecule has 7 heteroatoms. The summed E-state index contributed by atoms with van der Waals surface area (Å²) in [5.74, 6) is -0.0122. The molecule has 7 nitrogen and oxygen atoms in total. The Hall–Kier alpha value is -3.35. The van der Waals surface area contributed by atoms with E-state index in [1.807, 2.05) is 0 Å². The number of hydrogen-bond donors (Lipinski definition) is 1. The molecule has 26 heavy (non-hydrogen) atoms. The van der Waals surface area contributed by atoms with Gasteiger partial charge >= 0.3 is 5.97 Å². The number of hydrogen-bond acceptors (Lipinski definition) is 5. The average molecular weight is 353 g/mol. The molecule has 0 saturated carbocycles. The molecule has 0 spiro atoms. The SMILES string of the molecule is CCOC(=O)c1ccc(NC(=O)c2ccc3c(OC)n(C)nc3c2)cc1. The lowest BCUT2D eigenvalue weighted by atomic mass is 10.1. The van der Waals surface area contributed by atoms with E-state index < -0.39 is 0 Å². The molecule has 0 aliphatic rings. The van der Waals surface area contributed by atoms with E-state index in [-0.39, 0.29) is 11.9 Å². The fraction of sp³-hybridized carbons (Fsp3) is 0.211. The van der Waals surface area contributed by atoms with Crippen LogP contribution < -0.4 is 10.1 Å². The molecule has 0 bridgehead atoms. The molecule has 1 aromatic heterocycles. The monoisotopic (exact) mass is 353 g/mol. The van der Waals surface area contributed by atoms with Gasteiger partial charge in [-0.05, 0) is 49.4 Å². The van der Waals surface area contributed by atoms with Gasteiger partial charge in [0, 0.05) is 18.3 Å². The zero-order valence-corrected chi connectivity index (χ0v) is 14.8. The van der Waals surface area contributed by atoms with Crippen molar-refractivity contribution in [3.8, 4) is 5.88 Å². The molecule has 0 atom stereocenters. The molecule has 134 valence electrons. The Kier molecular flexibility index (Phi) is 4.88. The van der Waals surface area contributed by atoms with E-state index in [1.54, 1.807) is 68.2 Å². The zero-order valence-electron chi connectivity index (χ0n) is 14.8. The molecule has 1 N–H and O–H groups in total. The molecule has 0 fully saturated rings. The Balaban J connectivity index is 1.77. The van der Waals surface area contributed by atoms with Gasteiger partial charge in [0.2, 0.25) is 5.88 Å². The van der Waals surface area contributed by atoms with Crippen LogP contribution in [-0.4, -0.2) is 35.4 Å². The highest BCUT2D eigenvalue weighted by molar-refractivity contribution is 6.06. The van der Waals surface area contributed by atoms with Crippen molar-refractivity contribution >= 4 is 28.5 Å². The molecule has 1 amide bonds. The van der Waals surface area contributed by atoms with Gasteiger partial charge < -0.3 is 14.8 Å². The summed E-state index contributed by atoms with van der Waals surface area (Å²) in [7, 11) is 3.36. The summed E-state index contributed by atoms with van der Waals surface area (Å²) in [5.41, 5.74) is 2.18. The third-order valence-corrected chi connectivity index (χ3v) is 3.89. The summed E-state index contributed by atoms with van der Waals surface area (Å²) in [5, 5.41) is 7.98. The van der Waals surface area contributed by atoms with Gasteiger partial charge in [-0.3, -0.25) is 4.79 Å². The highest BCUT2D eigenvalue weighted by Gasteiger charge is 2.13. The van der Waals surface area contributed by atoms with Gasteiger partial charge in [0.15, 0.2) is 0 Å². The molecule has 0 radical (unpaired) electrons. The van der Waals surface area contributed by atoms with E-state index in [0.29, 0.717) is 34.8 Å². The maximum atomic E-state index is 12.5. The number of esters is 1. The molecule has 0 aliphatic heterocycles. The highest BCUT2D eigenvalue weighted by Crippen LogP contribution is 2.25. The average Bonchev–Trinajstić information content (AvgIpc) is 2.96. The number of benzene rings is 2. The van der Waals surface area contributed by atoms with E-state index in [4.69, 9.17) is 9.47 Å². The first-order valence-electron chi connectivity index (χ1n) is 8.12. The van der Waals surface area contributed by atoms with Gasteiger partial charge in [0.25, 0.3) is 5.91 Å². The summed E-state index contributed by atoms with van der Waals surface area (Å²) >= 11 is 0. The Morgan fingerprint density at radius 2 is 1.81 bits per heavy atom. The summed E-state index contributed by atoms with van der Waals surface area (Å²) < 4.78 is 11.9. The van der Waals surface area contributed by atoms with Crippen LogP contribution in [0.2, 0.25) is 0 Å². The van der Waals surface area contributed by atoms with E-state index >= 15 is 0 Å². The van der Waals surface area contributed by atoms with Gasteiger partial charge in [-0.1, -0.05) is 0 Å². The highest BCUT2D eigenvalue weighted by atomic mass is 16.5. The van der Waals surface area contributed by atoms with Crippen LogP contribution in [-0.2, 0) is 11.8 Å². The number of ether oxygens (including phenoxy) is 2. The Bertz CT molecular complexity index is 961. The first-order chi connectivity index (χ1) is 12.5. The third-order valence-electron chi connectivity index (χ3n) is 3.89. The summed E-state index contributed by atoms with van der Waals surface area (Å²) in [4.78, 5) is 24.1. The fourth-order valence-electron chi connectivity index (χ4n) is 2.67. The van der Waals surface area contributed by atoms with Gasteiger partial charge in [-0.15, -0.1) is 0 Å². The Morgan fingerprint density at radius 3 is 2.46 bits per heavy atom. The molecular weight excluding hydrogens is 334 g/mol. The van der Waals surface area contributed by atoms with Crippen molar-refractivity contribution in [1.29, 1.82) is 0 Å². The van der Waals surface area contributed by atoms with Crippen LogP contribution in [0.25, 0.3) is 10.9 Å². The van der Waals surface area contributed by atoms with Gasteiger partial charge in [0.05, 0.1) is 30.2 Å². The van der Waals surface area contributed by atoms with Crippen molar-refractivity contribution in [2.45, 2.75) is 6.92 Å². The number of anilines is 1. The molecule has 2 aromatic carbocycles. The van der Waals surface area contributed by atoms with E-state index in [2.05, 4.69) is 10.4 Å². The fourth-order valence-corrected chi connectivity index (χ4v) is 2.67. The lowest BCUT2D eigenvalue weighted by molar-refractivity contribution is 0.0526. The lowest BCUT2D eigenvalue weighted by Gasteiger charge is -2.07. The number of carbonyl (C=O) groups is 2. The molecule has 3 rings (SSSR count). The van der Waals surface area contributed by atoms with Gasteiger partial charge in [-0.25, -0.2) is 9.48 Å². The van der Waals surface area contributed by atoms with Crippen molar-refractivity contribution in [2.24, 2.45) is 7.05 Å². The number of aromatic nitrogens is 2. The van der Waals surface area contributed by atoms with E-state index in [0.717, 1.165) is 5.39 Å². The van der Waals surface area contributed by atoms with Crippen LogP contribution >= 0.6 is 0 Å². The Labute approximate surface area is 150 Å². The van der Waals surface area contributed by atoms with Crippen molar-refractivity contribution < 1.29 is 19.1 Å². The maximum Gasteiger partial charge on any atom is 0.338 e. The second-order valence-corrected chi connectivity index (χ2v) is 5.62. The standard InChI is InChI=1S/C19H19N3O4/c1-4-26-19(24)12-5-8-14(9-6-12)20-17(23)13-7-10-15-16(11-13)21-22(2)18(15)25-3/h5-11H,4H2,1-3H3,(H,20,23).